The Kier molecular flexibility index (Phi) is 5.34. The molecule has 0 heterocycles. The van der Waals surface area contributed by atoms with Gasteiger partial charge < -0.3 is 5.11 Å². The second kappa shape index (κ2) is 7.05. The van der Waals surface area contributed by atoms with Crippen molar-refractivity contribution in [3.8, 4) is 0 Å². The first-order valence-electron chi connectivity index (χ1n) is 7.26. The van der Waals surface area contributed by atoms with E-state index in [1.807, 2.05) is 38.1 Å². The van der Waals surface area contributed by atoms with Gasteiger partial charge in [0.15, 0.2) is 0 Å². The van der Waals surface area contributed by atoms with Crippen LogP contribution >= 0.6 is 0 Å². The minimum Gasteiger partial charge on any atom is -0.387 e. The fourth-order valence-electron chi connectivity index (χ4n) is 2.28. The quantitative estimate of drug-likeness (QED) is 0.860. The summed E-state index contributed by atoms with van der Waals surface area (Å²) in [4.78, 5) is 0.226. The van der Waals surface area contributed by atoms with Crippen LogP contribution in [0.25, 0.3) is 0 Å². The van der Waals surface area contributed by atoms with Crippen LogP contribution in [0, 0.1) is 6.92 Å². The molecular weight excluding hydrogens is 298 g/mol. The Balaban J connectivity index is 2.11. The van der Waals surface area contributed by atoms with Crippen LogP contribution in [0.2, 0.25) is 0 Å². The van der Waals surface area contributed by atoms with E-state index in [1.54, 1.807) is 24.3 Å². The minimum atomic E-state index is -3.62. The first-order chi connectivity index (χ1) is 10.4. The zero-order valence-electron chi connectivity index (χ0n) is 12.8. The third-order valence-electron chi connectivity index (χ3n) is 3.63. The fourth-order valence-corrected chi connectivity index (χ4v) is 3.38. The summed E-state index contributed by atoms with van der Waals surface area (Å²) in [6.45, 7) is 3.81. The average molecular weight is 319 g/mol. The molecule has 0 fully saturated rings. The number of aryl methyl sites for hydroxylation is 2. The van der Waals surface area contributed by atoms with Gasteiger partial charge in [0.2, 0.25) is 10.0 Å². The van der Waals surface area contributed by atoms with Gasteiger partial charge in [-0.1, -0.05) is 43.3 Å². The van der Waals surface area contributed by atoms with E-state index >= 15 is 0 Å². The number of aliphatic hydroxyl groups is 1. The molecular formula is C17H21NO3S. The Bertz CT molecular complexity index is 741. The summed E-state index contributed by atoms with van der Waals surface area (Å²) in [7, 11) is -3.62. The predicted octanol–water partition coefficient (Wildman–Crippen LogP) is 2.57. The molecule has 0 aliphatic heterocycles. The molecule has 1 atom stereocenters. The van der Waals surface area contributed by atoms with E-state index in [0.29, 0.717) is 0 Å². The average Bonchev–Trinajstić information content (AvgIpc) is 2.53. The molecule has 0 aromatic heterocycles. The van der Waals surface area contributed by atoms with Crippen molar-refractivity contribution in [2.24, 2.45) is 0 Å². The summed E-state index contributed by atoms with van der Waals surface area (Å²) in [6.07, 6.45) is -0.0971. The van der Waals surface area contributed by atoms with Crippen molar-refractivity contribution in [2.75, 3.05) is 6.54 Å². The van der Waals surface area contributed by atoms with Gasteiger partial charge >= 0.3 is 0 Å². The molecule has 2 aromatic carbocycles. The summed E-state index contributed by atoms with van der Waals surface area (Å²) in [5.41, 5.74) is 2.62. The maximum absolute atomic E-state index is 12.3. The largest absolute Gasteiger partial charge is 0.387 e. The molecule has 0 bridgehead atoms. The number of hydrogen-bond donors (Lipinski definition) is 2. The number of sulfonamides is 1. The highest BCUT2D eigenvalue weighted by molar-refractivity contribution is 7.89. The molecule has 0 amide bonds. The van der Waals surface area contributed by atoms with E-state index in [2.05, 4.69) is 4.72 Å². The second-order valence-electron chi connectivity index (χ2n) is 5.23. The topological polar surface area (TPSA) is 66.4 Å². The van der Waals surface area contributed by atoms with Crippen LogP contribution in [0.15, 0.2) is 53.4 Å². The number of benzene rings is 2. The first kappa shape index (κ1) is 16.7. The molecule has 2 aromatic rings. The summed E-state index contributed by atoms with van der Waals surface area (Å²) in [5, 5.41) is 10.2. The molecule has 2 N–H and O–H groups in total. The molecule has 4 nitrogen and oxygen atoms in total. The first-order valence-corrected chi connectivity index (χ1v) is 8.74. The smallest absolute Gasteiger partial charge is 0.240 e. The van der Waals surface area contributed by atoms with E-state index in [0.717, 1.165) is 23.1 Å². The van der Waals surface area contributed by atoms with Crippen molar-refractivity contribution in [3.63, 3.8) is 0 Å². The van der Waals surface area contributed by atoms with Gasteiger partial charge in [-0.25, -0.2) is 13.1 Å². The summed E-state index contributed by atoms with van der Waals surface area (Å²) >= 11 is 0. The van der Waals surface area contributed by atoms with Crippen molar-refractivity contribution in [2.45, 2.75) is 31.3 Å². The van der Waals surface area contributed by atoms with Crippen LogP contribution in [0.4, 0.5) is 0 Å². The summed E-state index contributed by atoms with van der Waals surface area (Å²) < 4.78 is 27.1. The zero-order chi connectivity index (χ0) is 16.2. The molecule has 5 heteroatoms. The van der Waals surface area contributed by atoms with Crippen molar-refractivity contribution in [3.05, 3.63) is 65.2 Å². The lowest BCUT2D eigenvalue weighted by molar-refractivity contribution is 0.181. The molecule has 0 saturated heterocycles. The van der Waals surface area contributed by atoms with Gasteiger partial charge in [0.25, 0.3) is 0 Å². The van der Waals surface area contributed by atoms with E-state index in [9.17, 15) is 13.5 Å². The van der Waals surface area contributed by atoms with E-state index < -0.39 is 16.1 Å². The van der Waals surface area contributed by atoms with Crippen LogP contribution in [0.3, 0.4) is 0 Å². The van der Waals surface area contributed by atoms with Crippen molar-refractivity contribution < 1.29 is 13.5 Å². The van der Waals surface area contributed by atoms with Gasteiger partial charge in [-0.3, -0.25) is 0 Å². The molecule has 2 rings (SSSR count). The van der Waals surface area contributed by atoms with Gasteiger partial charge in [-0.2, -0.15) is 0 Å². The second-order valence-corrected chi connectivity index (χ2v) is 6.99. The van der Waals surface area contributed by atoms with Gasteiger partial charge in [-0.15, -0.1) is 0 Å². The van der Waals surface area contributed by atoms with Gasteiger partial charge in [0.1, 0.15) is 0 Å². The highest BCUT2D eigenvalue weighted by Gasteiger charge is 2.17. The highest BCUT2D eigenvalue weighted by Crippen LogP contribution is 2.18. The lowest BCUT2D eigenvalue weighted by Gasteiger charge is -2.15. The Hall–Kier alpha value is -1.69. The molecule has 22 heavy (non-hydrogen) atoms. The molecule has 0 spiro atoms. The summed E-state index contributed by atoms with van der Waals surface area (Å²) in [6, 6.07) is 14.2. The highest BCUT2D eigenvalue weighted by atomic mass is 32.2. The van der Waals surface area contributed by atoms with Crippen molar-refractivity contribution in [1.29, 1.82) is 0 Å². The van der Waals surface area contributed by atoms with Crippen LogP contribution in [0.5, 0.6) is 0 Å². The molecule has 118 valence electrons. The monoisotopic (exact) mass is 319 g/mol. The summed E-state index contributed by atoms with van der Waals surface area (Å²) in [5.74, 6) is 0. The van der Waals surface area contributed by atoms with Crippen LogP contribution in [-0.2, 0) is 16.4 Å². The predicted molar refractivity (Wildman–Crippen MR) is 87.1 cm³/mol. The normalized spacial score (nSPS) is 13.0. The molecule has 0 radical (unpaired) electrons. The minimum absolute atomic E-state index is 0.0520. The maximum atomic E-state index is 12.3. The number of hydrogen-bond acceptors (Lipinski definition) is 3. The van der Waals surface area contributed by atoms with E-state index in [-0.39, 0.29) is 11.4 Å². The van der Waals surface area contributed by atoms with Gasteiger partial charge in [0.05, 0.1) is 11.0 Å². The Labute approximate surface area is 131 Å². The van der Waals surface area contributed by atoms with Crippen LogP contribution < -0.4 is 4.72 Å². The maximum Gasteiger partial charge on any atom is 0.240 e. The zero-order valence-corrected chi connectivity index (χ0v) is 13.6. The van der Waals surface area contributed by atoms with Crippen molar-refractivity contribution in [1.82, 2.24) is 4.72 Å². The number of rotatable bonds is 6. The lowest BCUT2D eigenvalue weighted by Crippen LogP contribution is -2.28. The van der Waals surface area contributed by atoms with Crippen molar-refractivity contribution >= 4 is 10.0 Å². The van der Waals surface area contributed by atoms with Gasteiger partial charge in [0, 0.05) is 6.54 Å². The van der Waals surface area contributed by atoms with Gasteiger partial charge in [-0.05, 0) is 42.2 Å². The Morgan fingerprint density at radius 2 is 1.86 bits per heavy atom. The fraction of sp³-hybridized carbons (Fsp3) is 0.294. The van der Waals surface area contributed by atoms with Crippen LogP contribution in [-0.4, -0.2) is 20.1 Å². The Morgan fingerprint density at radius 3 is 2.55 bits per heavy atom. The molecule has 0 aliphatic carbocycles. The number of nitrogens with one attached hydrogen (secondary N) is 1. The van der Waals surface area contributed by atoms with Crippen LogP contribution in [0.1, 0.15) is 29.7 Å². The van der Waals surface area contributed by atoms with E-state index in [1.165, 1.54) is 0 Å². The SMILES string of the molecule is CCc1cccc(S(=O)(=O)NCC(O)c2ccccc2C)c1. The number of aliphatic hydroxyl groups excluding tert-OH is 1. The third kappa shape index (κ3) is 3.94. The lowest BCUT2D eigenvalue weighted by atomic mass is 10.0. The molecule has 0 saturated carbocycles. The molecule has 0 aliphatic rings. The standard InChI is InChI=1S/C17H21NO3S/c1-3-14-8-6-9-15(11-14)22(20,21)18-12-17(19)16-10-5-4-7-13(16)2/h4-11,17-19H,3,12H2,1-2H3. The van der Waals surface area contributed by atoms with E-state index in [4.69, 9.17) is 0 Å². The molecule has 1 unspecified atom stereocenters. The Morgan fingerprint density at radius 1 is 1.14 bits per heavy atom. The third-order valence-corrected chi connectivity index (χ3v) is 5.05.